The average molecular weight is 610 g/mol. The third-order valence-electron chi connectivity index (χ3n) is 7.43. The molecule has 12 nitrogen and oxygen atoms in total. The van der Waals surface area contributed by atoms with Gasteiger partial charge in [-0.2, -0.15) is 0 Å². The molecule has 0 spiro atoms. The van der Waals surface area contributed by atoms with E-state index in [4.69, 9.17) is 19.2 Å². The highest BCUT2D eigenvalue weighted by atomic mass is 16.6. The minimum Gasteiger partial charge on any atom is -0.460 e. The number of esters is 1. The fourth-order valence-electron chi connectivity index (χ4n) is 5.19. The molecule has 1 atom stereocenters. The van der Waals surface area contributed by atoms with Crippen molar-refractivity contribution in [3.05, 3.63) is 47.8 Å². The van der Waals surface area contributed by atoms with Crippen molar-refractivity contribution >= 4 is 23.9 Å². The second kappa shape index (κ2) is 15.1. The summed E-state index contributed by atoms with van der Waals surface area (Å²) in [6.45, 7) is 9.70. The molecule has 1 N–H and O–H groups in total. The molecule has 1 aromatic carbocycles. The van der Waals surface area contributed by atoms with Gasteiger partial charge in [0.25, 0.3) is 5.91 Å². The Balaban J connectivity index is 1.56. The Morgan fingerprint density at radius 1 is 1.00 bits per heavy atom. The number of hydrogen-bond donors (Lipinski definition) is 1. The van der Waals surface area contributed by atoms with E-state index in [2.05, 4.69) is 10.3 Å². The Kier molecular flexibility index (Phi) is 11.3. The van der Waals surface area contributed by atoms with Gasteiger partial charge < -0.3 is 29.3 Å². The largest absolute Gasteiger partial charge is 0.460 e. The lowest BCUT2D eigenvalue weighted by Gasteiger charge is -2.36. The highest BCUT2D eigenvalue weighted by Gasteiger charge is 2.32. The standard InChI is InChI=1S/C32H43N5O7/c1-5-43-31(41)37-17-15-36(16-18-37)30(40)24(11-12-27(38)44-32(2,3)4)35-29(39)26-21-25(22-13-19-42-20-14-22)33-28(34-26)23-9-7-6-8-10-23/h6-10,21-22,24H,5,11-20H2,1-4H3,(H,35,39). The summed E-state index contributed by atoms with van der Waals surface area (Å²) in [6, 6.07) is 10.1. The summed E-state index contributed by atoms with van der Waals surface area (Å²) in [5.41, 5.74) is 0.979. The topological polar surface area (TPSA) is 140 Å². The molecule has 2 fully saturated rings. The van der Waals surface area contributed by atoms with Crippen LogP contribution in [-0.2, 0) is 23.8 Å². The summed E-state index contributed by atoms with van der Waals surface area (Å²) < 4.78 is 16.1. The van der Waals surface area contributed by atoms with E-state index in [0.717, 1.165) is 24.1 Å². The minimum absolute atomic E-state index is 0.0427. The van der Waals surface area contributed by atoms with Crippen LogP contribution in [0.4, 0.5) is 4.79 Å². The maximum atomic E-state index is 13.8. The zero-order valence-electron chi connectivity index (χ0n) is 26.0. The van der Waals surface area contributed by atoms with Crippen molar-refractivity contribution in [3.8, 4) is 11.4 Å². The summed E-state index contributed by atoms with van der Waals surface area (Å²) in [7, 11) is 0. The van der Waals surface area contributed by atoms with Crippen LogP contribution < -0.4 is 5.32 Å². The molecule has 1 unspecified atom stereocenters. The molecule has 12 heteroatoms. The molecule has 1 aromatic heterocycles. The number of amides is 3. The lowest BCUT2D eigenvalue weighted by molar-refractivity contribution is -0.155. The first kappa shape index (κ1) is 32.8. The van der Waals surface area contributed by atoms with E-state index in [1.54, 1.807) is 43.6 Å². The predicted molar refractivity (Wildman–Crippen MR) is 162 cm³/mol. The number of rotatable bonds is 9. The van der Waals surface area contributed by atoms with Crippen LogP contribution in [0.5, 0.6) is 0 Å². The lowest BCUT2D eigenvalue weighted by atomic mass is 9.95. The molecule has 3 heterocycles. The second-order valence-corrected chi connectivity index (χ2v) is 11.9. The quantitative estimate of drug-likeness (QED) is 0.423. The normalized spacial score (nSPS) is 16.6. The van der Waals surface area contributed by atoms with Gasteiger partial charge in [0.15, 0.2) is 5.82 Å². The molecule has 2 saturated heterocycles. The zero-order chi connectivity index (χ0) is 31.7. The van der Waals surface area contributed by atoms with E-state index in [1.807, 2.05) is 30.3 Å². The predicted octanol–water partition coefficient (Wildman–Crippen LogP) is 3.56. The van der Waals surface area contributed by atoms with Crippen LogP contribution >= 0.6 is 0 Å². The molecule has 238 valence electrons. The number of ether oxygens (including phenoxy) is 3. The maximum Gasteiger partial charge on any atom is 0.409 e. The molecular weight excluding hydrogens is 566 g/mol. The number of carbonyl (C=O) groups is 4. The smallest absolute Gasteiger partial charge is 0.409 e. The molecule has 2 aliphatic heterocycles. The fourth-order valence-corrected chi connectivity index (χ4v) is 5.19. The molecule has 44 heavy (non-hydrogen) atoms. The summed E-state index contributed by atoms with van der Waals surface area (Å²) in [5, 5.41) is 2.85. The molecular formula is C32H43N5O7. The molecule has 3 amide bonds. The van der Waals surface area contributed by atoms with Gasteiger partial charge in [-0.1, -0.05) is 30.3 Å². The van der Waals surface area contributed by atoms with Crippen LogP contribution in [0.2, 0.25) is 0 Å². The van der Waals surface area contributed by atoms with Gasteiger partial charge in [0.1, 0.15) is 17.3 Å². The van der Waals surface area contributed by atoms with Crippen LogP contribution in [0.15, 0.2) is 36.4 Å². The monoisotopic (exact) mass is 609 g/mol. The summed E-state index contributed by atoms with van der Waals surface area (Å²) >= 11 is 0. The van der Waals surface area contributed by atoms with E-state index < -0.39 is 29.6 Å². The highest BCUT2D eigenvalue weighted by Crippen LogP contribution is 2.28. The Morgan fingerprint density at radius 3 is 2.30 bits per heavy atom. The van der Waals surface area contributed by atoms with Crippen molar-refractivity contribution in [2.45, 2.75) is 70.9 Å². The van der Waals surface area contributed by atoms with Gasteiger partial charge in [-0.15, -0.1) is 0 Å². The fraction of sp³-hybridized carbons (Fsp3) is 0.562. The zero-order valence-corrected chi connectivity index (χ0v) is 26.0. The Labute approximate surface area is 258 Å². The Morgan fingerprint density at radius 2 is 1.66 bits per heavy atom. The van der Waals surface area contributed by atoms with Gasteiger partial charge >= 0.3 is 12.1 Å². The summed E-state index contributed by atoms with van der Waals surface area (Å²) in [4.78, 5) is 64.8. The number of hydrogen-bond acceptors (Lipinski definition) is 9. The minimum atomic E-state index is -1.01. The molecule has 0 bridgehead atoms. The van der Waals surface area contributed by atoms with Crippen molar-refractivity contribution < 1.29 is 33.4 Å². The van der Waals surface area contributed by atoms with Crippen molar-refractivity contribution in [1.29, 1.82) is 0 Å². The van der Waals surface area contributed by atoms with Gasteiger partial charge in [0.2, 0.25) is 5.91 Å². The van der Waals surface area contributed by atoms with Crippen LogP contribution in [0.25, 0.3) is 11.4 Å². The second-order valence-electron chi connectivity index (χ2n) is 11.9. The lowest BCUT2D eigenvalue weighted by Crippen LogP contribution is -2.56. The molecule has 0 radical (unpaired) electrons. The number of benzene rings is 1. The molecule has 4 rings (SSSR count). The van der Waals surface area contributed by atoms with Crippen molar-refractivity contribution in [3.63, 3.8) is 0 Å². The molecule has 0 aliphatic carbocycles. The molecule has 2 aliphatic rings. The van der Waals surface area contributed by atoms with E-state index in [0.29, 0.717) is 32.1 Å². The summed E-state index contributed by atoms with van der Waals surface area (Å²) in [5.74, 6) is -0.808. The van der Waals surface area contributed by atoms with Gasteiger partial charge in [-0.3, -0.25) is 14.4 Å². The van der Waals surface area contributed by atoms with E-state index in [1.165, 1.54) is 0 Å². The van der Waals surface area contributed by atoms with Crippen LogP contribution in [0.3, 0.4) is 0 Å². The molecule has 2 aromatic rings. The van der Waals surface area contributed by atoms with E-state index in [9.17, 15) is 19.2 Å². The first-order valence-corrected chi connectivity index (χ1v) is 15.3. The average Bonchev–Trinajstić information content (AvgIpc) is 3.02. The van der Waals surface area contributed by atoms with Crippen LogP contribution in [0, 0.1) is 0 Å². The number of carbonyl (C=O) groups excluding carboxylic acids is 4. The van der Waals surface area contributed by atoms with Crippen molar-refractivity contribution in [2.24, 2.45) is 0 Å². The van der Waals surface area contributed by atoms with Gasteiger partial charge in [-0.05, 0) is 53.0 Å². The Hall–Kier alpha value is -4.06. The number of aromatic nitrogens is 2. The SMILES string of the molecule is CCOC(=O)N1CCN(C(=O)C(CCC(=O)OC(C)(C)C)NC(=O)c2cc(C3CCOCC3)nc(-c3ccccc3)n2)CC1. The van der Waals surface area contributed by atoms with Gasteiger partial charge in [0, 0.05) is 63.0 Å². The third kappa shape index (κ3) is 9.22. The van der Waals surface area contributed by atoms with E-state index in [-0.39, 0.29) is 50.1 Å². The van der Waals surface area contributed by atoms with Gasteiger partial charge in [-0.25, -0.2) is 14.8 Å². The summed E-state index contributed by atoms with van der Waals surface area (Å²) in [6.07, 6.45) is 1.11. The number of piperazine rings is 1. The van der Waals surface area contributed by atoms with Crippen LogP contribution in [-0.4, -0.2) is 101 Å². The van der Waals surface area contributed by atoms with Crippen molar-refractivity contribution in [1.82, 2.24) is 25.1 Å². The maximum absolute atomic E-state index is 13.8. The van der Waals surface area contributed by atoms with E-state index >= 15 is 0 Å². The van der Waals surface area contributed by atoms with Crippen molar-refractivity contribution in [2.75, 3.05) is 46.0 Å². The van der Waals surface area contributed by atoms with Gasteiger partial charge in [0.05, 0.1) is 6.61 Å². The first-order valence-electron chi connectivity index (χ1n) is 15.3. The number of nitrogens with one attached hydrogen (secondary N) is 1. The first-order chi connectivity index (χ1) is 21.0. The van der Waals surface area contributed by atoms with Crippen LogP contribution in [0.1, 0.15) is 75.5 Å². The molecule has 0 saturated carbocycles. The Bertz CT molecular complexity index is 1300. The number of nitrogens with zero attached hydrogens (tertiary/aromatic N) is 4. The highest BCUT2D eigenvalue weighted by molar-refractivity contribution is 5.96. The third-order valence-corrected chi connectivity index (χ3v) is 7.43.